The Balaban J connectivity index is 2.44. The zero-order valence-corrected chi connectivity index (χ0v) is 13.5. The second-order valence-electron chi connectivity index (χ2n) is 4.90. The van der Waals surface area contributed by atoms with Gasteiger partial charge in [-0.25, -0.2) is 0 Å². The lowest BCUT2D eigenvalue weighted by Crippen LogP contribution is -2.21. The Hall–Kier alpha value is -0.830. The zero-order chi connectivity index (χ0) is 14.0. The van der Waals surface area contributed by atoms with E-state index >= 15 is 0 Å². The Morgan fingerprint density at radius 2 is 1.89 bits per heavy atom. The van der Waals surface area contributed by atoms with Gasteiger partial charge in [-0.3, -0.25) is 0 Å². The standard InChI is InChI=1S/C16H20ClNS/c1-5-18-15(16-11(3)8-12(4)19-16)13-6-7-14(17)10(2)9-13/h6-9,15,18H,5H2,1-4H3. The molecule has 0 amide bonds. The highest BCUT2D eigenvalue weighted by molar-refractivity contribution is 7.12. The molecule has 3 heteroatoms. The third kappa shape index (κ3) is 3.19. The SMILES string of the molecule is CCNC(c1ccc(Cl)c(C)c1)c1sc(C)cc1C. The van der Waals surface area contributed by atoms with Gasteiger partial charge in [0.05, 0.1) is 6.04 Å². The summed E-state index contributed by atoms with van der Waals surface area (Å²) in [5, 5.41) is 4.41. The van der Waals surface area contributed by atoms with Crippen LogP contribution >= 0.6 is 22.9 Å². The van der Waals surface area contributed by atoms with Gasteiger partial charge < -0.3 is 5.32 Å². The van der Waals surface area contributed by atoms with Gasteiger partial charge in [-0.2, -0.15) is 0 Å². The lowest BCUT2D eigenvalue weighted by molar-refractivity contribution is 0.637. The first-order valence-electron chi connectivity index (χ1n) is 6.59. The highest BCUT2D eigenvalue weighted by Gasteiger charge is 2.18. The second-order valence-corrected chi connectivity index (χ2v) is 6.60. The first-order valence-corrected chi connectivity index (χ1v) is 7.78. The molecule has 0 saturated heterocycles. The van der Waals surface area contributed by atoms with E-state index in [0.717, 1.165) is 17.1 Å². The maximum Gasteiger partial charge on any atom is 0.0673 e. The number of hydrogen-bond acceptors (Lipinski definition) is 2. The fourth-order valence-corrected chi connectivity index (χ4v) is 3.62. The third-order valence-electron chi connectivity index (χ3n) is 3.27. The third-order valence-corrected chi connectivity index (χ3v) is 4.91. The lowest BCUT2D eigenvalue weighted by atomic mass is 10.0. The molecular weight excluding hydrogens is 274 g/mol. The van der Waals surface area contributed by atoms with Crippen LogP contribution in [0, 0.1) is 20.8 Å². The van der Waals surface area contributed by atoms with Gasteiger partial charge in [0, 0.05) is 14.8 Å². The summed E-state index contributed by atoms with van der Waals surface area (Å²) in [7, 11) is 0. The van der Waals surface area contributed by atoms with Crippen molar-refractivity contribution in [1.82, 2.24) is 5.32 Å². The van der Waals surface area contributed by atoms with Gasteiger partial charge in [-0.05, 0) is 56.1 Å². The molecule has 0 bridgehead atoms. The van der Waals surface area contributed by atoms with Crippen molar-refractivity contribution in [2.75, 3.05) is 6.54 Å². The van der Waals surface area contributed by atoms with E-state index in [-0.39, 0.29) is 6.04 Å². The van der Waals surface area contributed by atoms with Gasteiger partial charge in [-0.15, -0.1) is 11.3 Å². The largest absolute Gasteiger partial charge is 0.306 e. The van der Waals surface area contributed by atoms with E-state index in [1.54, 1.807) is 0 Å². The molecule has 1 N–H and O–H groups in total. The van der Waals surface area contributed by atoms with Gasteiger partial charge in [-0.1, -0.05) is 30.7 Å². The van der Waals surface area contributed by atoms with Gasteiger partial charge in [0.2, 0.25) is 0 Å². The van der Waals surface area contributed by atoms with Gasteiger partial charge in [0.25, 0.3) is 0 Å². The fraction of sp³-hybridized carbons (Fsp3) is 0.375. The summed E-state index contributed by atoms with van der Waals surface area (Å²) in [5.41, 5.74) is 3.78. The minimum atomic E-state index is 0.264. The van der Waals surface area contributed by atoms with Crippen LogP contribution in [0.3, 0.4) is 0 Å². The lowest BCUT2D eigenvalue weighted by Gasteiger charge is -2.19. The zero-order valence-electron chi connectivity index (χ0n) is 11.9. The molecule has 1 nitrogen and oxygen atoms in total. The van der Waals surface area contributed by atoms with E-state index in [4.69, 9.17) is 11.6 Å². The Kier molecular flexibility index (Phi) is 4.67. The molecule has 2 rings (SSSR count). The predicted octanol–water partition coefficient (Wildman–Crippen LogP) is 5.03. The second kappa shape index (κ2) is 6.08. The first-order chi connectivity index (χ1) is 9.02. The number of thiophene rings is 1. The van der Waals surface area contributed by atoms with Crippen LogP contribution in [0.15, 0.2) is 24.3 Å². The van der Waals surface area contributed by atoms with E-state index in [2.05, 4.69) is 51.2 Å². The van der Waals surface area contributed by atoms with Crippen LogP contribution in [0.25, 0.3) is 0 Å². The maximum absolute atomic E-state index is 6.13. The van der Waals surface area contributed by atoms with Gasteiger partial charge >= 0.3 is 0 Å². The minimum Gasteiger partial charge on any atom is -0.306 e. The summed E-state index contributed by atoms with van der Waals surface area (Å²) in [4.78, 5) is 2.77. The monoisotopic (exact) mass is 293 g/mol. The van der Waals surface area contributed by atoms with Crippen LogP contribution in [0.2, 0.25) is 5.02 Å². The molecule has 1 heterocycles. The highest BCUT2D eigenvalue weighted by atomic mass is 35.5. The normalized spacial score (nSPS) is 12.7. The topological polar surface area (TPSA) is 12.0 Å². The molecule has 0 aliphatic heterocycles. The molecule has 0 fully saturated rings. The number of halogens is 1. The molecule has 1 aromatic heterocycles. The van der Waals surface area contributed by atoms with Crippen molar-refractivity contribution in [2.24, 2.45) is 0 Å². The van der Waals surface area contributed by atoms with Gasteiger partial charge in [0.15, 0.2) is 0 Å². The molecule has 1 unspecified atom stereocenters. The number of benzene rings is 1. The summed E-state index contributed by atoms with van der Waals surface area (Å²) in [6.45, 7) is 9.50. The molecule has 0 aliphatic carbocycles. The average Bonchev–Trinajstić information content (AvgIpc) is 2.69. The van der Waals surface area contributed by atoms with E-state index in [1.165, 1.54) is 20.9 Å². The Bertz CT molecular complexity index is 574. The number of nitrogens with one attached hydrogen (secondary N) is 1. The molecule has 2 aromatic rings. The molecular formula is C16H20ClNS. The van der Waals surface area contributed by atoms with Crippen molar-refractivity contribution in [3.8, 4) is 0 Å². The van der Waals surface area contributed by atoms with Crippen LogP contribution in [-0.2, 0) is 0 Å². The van der Waals surface area contributed by atoms with Gasteiger partial charge in [0.1, 0.15) is 0 Å². The Morgan fingerprint density at radius 1 is 1.16 bits per heavy atom. The quantitative estimate of drug-likeness (QED) is 0.834. The first kappa shape index (κ1) is 14.6. The van der Waals surface area contributed by atoms with Crippen molar-refractivity contribution < 1.29 is 0 Å². The minimum absolute atomic E-state index is 0.264. The van der Waals surface area contributed by atoms with Crippen LogP contribution in [0.5, 0.6) is 0 Å². The van der Waals surface area contributed by atoms with E-state index in [9.17, 15) is 0 Å². The summed E-state index contributed by atoms with van der Waals surface area (Å²) in [6.07, 6.45) is 0. The Labute approximate surface area is 124 Å². The molecule has 0 radical (unpaired) electrons. The maximum atomic E-state index is 6.13. The van der Waals surface area contributed by atoms with Crippen molar-refractivity contribution in [2.45, 2.75) is 33.7 Å². The van der Waals surface area contributed by atoms with Crippen LogP contribution < -0.4 is 5.32 Å². The molecule has 0 spiro atoms. The Morgan fingerprint density at radius 3 is 2.42 bits per heavy atom. The molecule has 1 aromatic carbocycles. The molecule has 0 aliphatic rings. The van der Waals surface area contributed by atoms with E-state index in [1.807, 2.05) is 17.4 Å². The van der Waals surface area contributed by atoms with Crippen molar-refractivity contribution in [3.63, 3.8) is 0 Å². The summed E-state index contributed by atoms with van der Waals surface area (Å²) in [6, 6.07) is 8.82. The smallest absolute Gasteiger partial charge is 0.0673 e. The van der Waals surface area contributed by atoms with Crippen molar-refractivity contribution >= 4 is 22.9 Å². The van der Waals surface area contributed by atoms with Crippen molar-refractivity contribution in [1.29, 1.82) is 0 Å². The average molecular weight is 294 g/mol. The number of hydrogen-bond donors (Lipinski definition) is 1. The summed E-state index contributed by atoms with van der Waals surface area (Å²) >= 11 is 8.00. The predicted molar refractivity (Wildman–Crippen MR) is 85.5 cm³/mol. The van der Waals surface area contributed by atoms with E-state index in [0.29, 0.717) is 0 Å². The molecule has 0 saturated carbocycles. The fourth-order valence-electron chi connectivity index (χ4n) is 2.36. The molecule has 19 heavy (non-hydrogen) atoms. The molecule has 102 valence electrons. The van der Waals surface area contributed by atoms with Crippen LogP contribution in [-0.4, -0.2) is 6.54 Å². The number of aryl methyl sites for hydroxylation is 3. The van der Waals surface area contributed by atoms with Crippen molar-refractivity contribution in [3.05, 3.63) is 55.7 Å². The summed E-state index contributed by atoms with van der Waals surface area (Å²) in [5.74, 6) is 0. The highest BCUT2D eigenvalue weighted by Crippen LogP contribution is 2.33. The number of rotatable bonds is 4. The van der Waals surface area contributed by atoms with Crippen LogP contribution in [0.1, 0.15) is 39.4 Å². The molecule has 1 atom stereocenters. The van der Waals surface area contributed by atoms with E-state index < -0.39 is 0 Å². The summed E-state index contributed by atoms with van der Waals surface area (Å²) < 4.78 is 0. The van der Waals surface area contributed by atoms with Crippen LogP contribution in [0.4, 0.5) is 0 Å².